The molecule has 2 rings (SSSR count). The highest BCUT2D eigenvalue weighted by molar-refractivity contribution is 5.25. The van der Waals surface area contributed by atoms with Crippen LogP contribution in [0.1, 0.15) is 24.6 Å². The topological polar surface area (TPSA) is 48.1 Å². The molecule has 76 valence electrons. The van der Waals surface area contributed by atoms with Crippen molar-refractivity contribution in [2.45, 2.75) is 25.3 Å². The Morgan fingerprint density at radius 1 is 1.64 bits per heavy atom. The van der Waals surface area contributed by atoms with Gasteiger partial charge in [0.2, 0.25) is 0 Å². The van der Waals surface area contributed by atoms with Crippen LogP contribution in [-0.2, 0) is 16.7 Å². The lowest BCUT2D eigenvalue weighted by Gasteiger charge is -2.22. The quantitative estimate of drug-likeness (QED) is 0.766. The van der Waals surface area contributed by atoms with E-state index in [0.29, 0.717) is 6.61 Å². The summed E-state index contributed by atoms with van der Waals surface area (Å²) >= 11 is 0. The highest BCUT2D eigenvalue weighted by Gasteiger charge is 2.32. The first kappa shape index (κ1) is 9.62. The van der Waals surface area contributed by atoms with Gasteiger partial charge < -0.3 is 10.5 Å². The van der Waals surface area contributed by atoms with Crippen LogP contribution >= 0.6 is 0 Å². The molecule has 1 aromatic heterocycles. The molecule has 3 nitrogen and oxygen atoms in total. The molecule has 1 aromatic rings. The molecule has 0 aromatic carbocycles. The summed E-state index contributed by atoms with van der Waals surface area (Å²) in [6.45, 7) is 3.49. The van der Waals surface area contributed by atoms with Gasteiger partial charge in [0, 0.05) is 18.5 Å². The van der Waals surface area contributed by atoms with Gasteiger partial charge in [-0.15, -0.1) is 0 Å². The summed E-state index contributed by atoms with van der Waals surface area (Å²) in [7, 11) is 0. The standard InChI is InChI=1S/C11H16N2O/c1-2-10-7-9(3-5-13-10)11(12)4-6-14-8-11/h3,5,7H,2,4,6,8,12H2,1H3. The molecule has 3 heteroatoms. The van der Waals surface area contributed by atoms with Crippen LogP contribution in [0.4, 0.5) is 0 Å². The number of hydrogen-bond donors (Lipinski definition) is 1. The predicted octanol–water partition coefficient (Wildman–Crippen LogP) is 1.22. The summed E-state index contributed by atoms with van der Waals surface area (Å²) in [4.78, 5) is 4.26. The fourth-order valence-corrected chi connectivity index (χ4v) is 1.79. The molecule has 0 saturated carbocycles. The maximum absolute atomic E-state index is 6.25. The summed E-state index contributed by atoms with van der Waals surface area (Å²) in [5.41, 5.74) is 8.22. The van der Waals surface area contributed by atoms with E-state index in [-0.39, 0.29) is 5.54 Å². The smallest absolute Gasteiger partial charge is 0.0689 e. The zero-order chi connectivity index (χ0) is 10.0. The minimum absolute atomic E-state index is 0.285. The molecule has 0 spiro atoms. The SMILES string of the molecule is CCc1cc(C2(N)CCOC2)ccn1. The average molecular weight is 192 g/mol. The Morgan fingerprint density at radius 2 is 2.50 bits per heavy atom. The van der Waals surface area contributed by atoms with Crippen molar-refractivity contribution in [1.82, 2.24) is 4.98 Å². The Balaban J connectivity index is 2.30. The van der Waals surface area contributed by atoms with Crippen LogP contribution in [0.25, 0.3) is 0 Å². The number of pyridine rings is 1. The Labute approximate surface area is 84.3 Å². The van der Waals surface area contributed by atoms with Crippen molar-refractivity contribution in [3.05, 3.63) is 29.6 Å². The van der Waals surface area contributed by atoms with E-state index in [9.17, 15) is 0 Å². The highest BCUT2D eigenvalue weighted by atomic mass is 16.5. The first-order chi connectivity index (χ1) is 6.74. The van der Waals surface area contributed by atoms with Crippen molar-refractivity contribution in [1.29, 1.82) is 0 Å². The van der Waals surface area contributed by atoms with E-state index in [1.54, 1.807) is 0 Å². The lowest BCUT2D eigenvalue weighted by Crippen LogP contribution is -2.37. The normalized spacial score (nSPS) is 26.7. The van der Waals surface area contributed by atoms with Crippen LogP contribution in [0.15, 0.2) is 18.3 Å². The molecule has 0 aliphatic carbocycles. The summed E-state index contributed by atoms with van der Waals surface area (Å²) in [6, 6.07) is 4.09. The van der Waals surface area contributed by atoms with Crippen molar-refractivity contribution >= 4 is 0 Å². The number of rotatable bonds is 2. The zero-order valence-corrected chi connectivity index (χ0v) is 8.49. The molecule has 0 radical (unpaired) electrons. The van der Waals surface area contributed by atoms with Gasteiger partial charge in [0.15, 0.2) is 0 Å². The molecule has 0 bridgehead atoms. The van der Waals surface area contributed by atoms with Gasteiger partial charge in [0.1, 0.15) is 0 Å². The van der Waals surface area contributed by atoms with Crippen molar-refractivity contribution in [3.63, 3.8) is 0 Å². The summed E-state index contributed by atoms with van der Waals surface area (Å²) < 4.78 is 5.34. The van der Waals surface area contributed by atoms with E-state index in [2.05, 4.69) is 18.0 Å². The molecule has 2 N–H and O–H groups in total. The lowest BCUT2D eigenvalue weighted by atomic mass is 9.90. The average Bonchev–Trinajstić information content (AvgIpc) is 2.67. The second-order valence-electron chi connectivity index (χ2n) is 3.85. The Kier molecular flexibility index (Phi) is 2.52. The van der Waals surface area contributed by atoms with Crippen LogP contribution in [0, 0.1) is 0 Å². The molecule has 1 fully saturated rings. The van der Waals surface area contributed by atoms with E-state index >= 15 is 0 Å². The third-order valence-corrected chi connectivity index (χ3v) is 2.81. The molecule has 1 unspecified atom stereocenters. The third-order valence-electron chi connectivity index (χ3n) is 2.81. The van der Waals surface area contributed by atoms with Gasteiger partial charge in [-0.25, -0.2) is 0 Å². The molecule has 0 amide bonds. The zero-order valence-electron chi connectivity index (χ0n) is 8.49. The van der Waals surface area contributed by atoms with Crippen molar-refractivity contribution in [2.75, 3.05) is 13.2 Å². The molecule has 1 atom stereocenters. The number of nitrogens with zero attached hydrogens (tertiary/aromatic N) is 1. The van der Waals surface area contributed by atoms with Gasteiger partial charge >= 0.3 is 0 Å². The highest BCUT2D eigenvalue weighted by Crippen LogP contribution is 2.27. The van der Waals surface area contributed by atoms with Crippen molar-refractivity contribution in [2.24, 2.45) is 5.73 Å². The number of aromatic nitrogens is 1. The first-order valence-corrected chi connectivity index (χ1v) is 5.06. The fraction of sp³-hybridized carbons (Fsp3) is 0.545. The number of hydrogen-bond acceptors (Lipinski definition) is 3. The number of ether oxygens (including phenoxy) is 1. The number of nitrogens with two attached hydrogens (primary N) is 1. The summed E-state index contributed by atoms with van der Waals surface area (Å²) in [5.74, 6) is 0. The van der Waals surface area contributed by atoms with Gasteiger partial charge in [-0.1, -0.05) is 6.92 Å². The summed E-state index contributed by atoms with van der Waals surface area (Å²) in [5, 5.41) is 0. The Bertz CT molecular complexity index is 319. The van der Waals surface area contributed by atoms with Gasteiger partial charge in [-0.05, 0) is 30.5 Å². The van der Waals surface area contributed by atoms with Gasteiger partial charge in [0.25, 0.3) is 0 Å². The van der Waals surface area contributed by atoms with E-state index in [4.69, 9.17) is 10.5 Å². The van der Waals surface area contributed by atoms with Crippen molar-refractivity contribution < 1.29 is 4.74 Å². The van der Waals surface area contributed by atoms with Crippen LogP contribution in [-0.4, -0.2) is 18.2 Å². The predicted molar refractivity (Wildman–Crippen MR) is 54.9 cm³/mol. The molecule has 14 heavy (non-hydrogen) atoms. The molecule has 2 heterocycles. The summed E-state index contributed by atoms with van der Waals surface area (Å²) in [6.07, 6.45) is 3.69. The van der Waals surface area contributed by atoms with Crippen LogP contribution in [0.2, 0.25) is 0 Å². The number of aryl methyl sites for hydroxylation is 1. The molecule has 1 aliphatic rings. The fourth-order valence-electron chi connectivity index (χ4n) is 1.79. The Morgan fingerprint density at radius 3 is 3.14 bits per heavy atom. The van der Waals surface area contributed by atoms with Gasteiger partial charge in [-0.2, -0.15) is 0 Å². The molecule has 1 aliphatic heterocycles. The van der Waals surface area contributed by atoms with E-state index < -0.39 is 0 Å². The van der Waals surface area contributed by atoms with E-state index in [1.807, 2.05) is 12.3 Å². The maximum Gasteiger partial charge on any atom is 0.0689 e. The van der Waals surface area contributed by atoms with E-state index in [1.165, 1.54) is 0 Å². The van der Waals surface area contributed by atoms with Crippen LogP contribution in [0.5, 0.6) is 0 Å². The maximum atomic E-state index is 6.25. The monoisotopic (exact) mass is 192 g/mol. The van der Waals surface area contributed by atoms with Crippen LogP contribution < -0.4 is 5.73 Å². The Hall–Kier alpha value is -0.930. The minimum atomic E-state index is -0.285. The lowest BCUT2D eigenvalue weighted by molar-refractivity contribution is 0.178. The van der Waals surface area contributed by atoms with Crippen molar-refractivity contribution in [3.8, 4) is 0 Å². The second-order valence-corrected chi connectivity index (χ2v) is 3.85. The van der Waals surface area contributed by atoms with E-state index in [0.717, 1.165) is 30.7 Å². The van der Waals surface area contributed by atoms with Gasteiger partial charge in [0.05, 0.1) is 12.1 Å². The largest absolute Gasteiger partial charge is 0.379 e. The third kappa shape index (κ3) is 1.65. The van der Waals surface area contributed by atoms with Crippen LogP contribution in [0.3, 0.4) is 0 Å². The first-order valence-electron chi connectivity index (χ1n) is 5.06. The second kappa shape index (κ2) is 3.67. The molecular weight excluding hydrogens is 176 g/mol. The minimum Gasteiger partial charge on any atom is -0.379 e. The van der Waals surface area contributed by atoms with Gasteiger partial charge in [-0.3, -0.25) is 4.98 Å². The molecule has 1 saturated heterocycles. The molecular formula is C11H16N2O.